The highest BCUT2D eigenvalue weighted by molar-refractivity contribution is 6.02. The number of hydrogen-bond donors (Lipinski definition) is 0. The molecule has 0 aromatic heterocycles. The van der Waals surface area contributed by atoms with Crippen molar-refractivity contribution in [3.8, 4) is 0 Å². The van der Waals surface area contributed by atoms with Crippen LogP contribution in [0.2, 0.25) is 0 Å². The topological polar surface area (TPSA) is 34.1 Å². The van der Waals surface area contributed by atoms with Crippen LogP contribution in [-0.4, -0.2) is 11.6 Å². The molecule has 0 unspecified atom stereocenters. The van der Waals surface area contributed by atoms with Crippen molar-refractivity contribution in [2.45, 2.75) is 26.7 Å². The van der Waals surface area contributed by atoms with Gasteiger partial charge in [-0.15, -0.1) is 0 Å². The predicted octanol–water partition coefficient (Wildman–Crippen LogP) is 4.23. The first-order valence-electron chi connectivity index (χ1n) is 8.05. The third-order valence-corrected chi connectivity index (χ3v) is 4.78. The Kier molecular flexibility index (Phi) is 4.08. The molecule has 0 amide bonds. The van der Waals surface area contributed by atoms with E-state index < -0.39 is 5.92 Å². The van der Waals surface area contributed by atoms with E-state index >= 15 is 0 Å². The minimum Gasteiger partial charge on any atom is -0.299 e. The Morgan fingerprint density at radius 2 is 1.22 bits per heavy atom. The van der Waals surface area contributed by atoms with Crippen molar-refractivity contribution in [2.75, 3.05) is 0 Å². The Hall–Kier alpha value is -2.35. The van der Waals surface area contributed by atoms with Crippen LogP contribution in [0.1, 0.15) is 37.8 Å². The highest BCUT2D eigenvalue weighted by Gasteiger charge is 2.61. The SMILES string of the molecule is CC(=O)C(C(C)=O)C1([C+](c2ccccc2)c2ccccc2)CC1. The van der Waals surface area contributed by atoms with Crippen molar-refractivity contribution in [3.63, 3.8) is 0 Å². The lowest BCUT2D eigenvalue weighted by Gasteiger charge is -2.28. The smallest absolute Gasteiger partial charge is 0.141 e. The maximum absolute atomic E-state index is 12.2. The molecule has 1 aliphatic rings. The second kappa shape index (κ2) is 6.04. The summed E-state index contributed by atoms with van der Waals surface area (Å²) in [6.07, 6.45) is 1.77. The molecule has 0 N–H and O–H groups in total. The Morgan fingerprint density at radius 3 is 1.52 bits per heavy atom. The summed E-state index contributed by atoms with van der Waals surface area (Å²) in [4.78, 5) is 24.4. The first-order valence-corrected chi connectivity index (χ1v) is 8.05. The van der Waals surface area contributed by atoms with Crippen molar-refractivity contribution < 1.29 is 9.59 Å². The van der Waals surface area contributed by atoms with Crippen LogP contribution in [0.4, 0.5) is 0 Å². The van der Waals surface area contributed by atoms with E-state index in [2.05, 4.69) is 24.3 Å². The van der Waals surface area contributed by atoms with Crippen LogP contribution in [0.25, 0.3) is 0 Å². The number of benzene rings is 2. The Morgan fingerprint density at radius 1 is 0.826 bits per heavy atom. The van der Waals surface area contributed by atoms with E-state index in [1.54, 1.807) is 13.8 Å². The zero-order valence-electron chi connectivity index (χ0n) is 13.6. The second-order valence-corrected chi connectivity index (χ2v) is 6.42. The molecule has 0 atom stereocenters. The van der Waals surface area contributed by atoms with E-state index in [-0.39, 0.29) is 17.0 Å². The van der Waals surface area contributed by atoms with E-state index in [0.717, 1.165) is 29.9 Å². The molecule has 0 spiro atoms. The van der Waals surface area contributed by atoms with Gasteiger partial charge in [-0.2, -0.15) is 0 Å². The molecule has 2 heteroatoms. The molecule has 0 saturated heterocycles. The van der Waals surface area contributed by atoms with Crippen LogP contribution in [0, 0.1) is 17.3 Å². The molecule has 0 radical (unpaired) electrons. The first kappa shape index (κ1) is 15.5. The summed E-state index contributed by atoms with van der Waals surface area (Å²) < 4.78 is 0. The summed E-state index contributed by atoms with van der Waals surface area (Å²) in [6.45, 7) is 3.08. The Bertz CT molecular complexity index is 646. The monoisotopic (exact) mass is 305 g/mol. The van der Waals surface area contributed by atoms with Crippen LogP contribution in [0.3, 0.4) is 0 Å². The summed E-state index contributed by atoms with van der Waals surface area (Å²) in [5.74, 6) is 0.533. The summed E-state index contributed by atoms with van der Waals surface area (Å²) in [6, 6.07) is 20.3. The number of rotatable bonds is 6. The standard InChI is InChI=1S/C21H21O2/c1-15(22)19(16(2)23)21(13-14-21)20(17-9-5-3-6-10-17)18-11-7-4-8-12-18/h3-12,19H,13-14H2,1-2H3/q+1. The van der Waals surface area contributed by atoms with Crippen molar-refractivity contribution in [3.05, 3.63) is 77.7 Å². The summed E-state index contributed by atoms with van der Waals surface area (Å²) in [5.41, 5.74) is 1.85. The zero-order valence-corrected chi connectivity index (χ0v) is 13.6. The van der Waals surface area contributed by atoms with Gasteiger partial charge in [0.05, 0.1) is 23.0 Å². The molecule has 1 saturated carbocycles. The third-order valence-electron chi connectivity index (χ3n) is 4.78. The fourth-order valence-corrected chi connectivity index (χ4v) is 3.83. The van der Waals surface area contributed by atoms with Gasteiger partial charge in [0.1, 0.15) is 11.6 Å². The molecule has 2 aromatic carbocycles. The van der Waals surface area contributed by atoms with Crippen LogP contribution in [0.5, 0.6) is 0 Å². The first-order chi connectivity index (χ1) is 11.1. The number of carbonyl (C=O) groups is 2. The summed E-state index contributed by atoms with van der Waals surface area (Å²) in [5, 5.41) is 0. The van der Waals surface area contributed by atoms with Crippen LogP contribution < -0.4 is 0 Å². The maximum Gasteiger partial charge on any atom is 0.141 e. The van der Waals surface area contributed by atoms with Gasteiger partial charge in [0.25, 0.3) is 0 Å². The number of ketones is 2. The Labute approximate surface area is 137 Å². The molecule has 1 aliphatic carbocycles. The van der Waals surface area contributed by atoms with Crippen molar-refractivity contribution in [1.82, 2.24) is 0 Å². The molecule has 2 nitrogen and oxygen atoms in total. The van der Waals surface area contributed by atoms with Gasteiger partial charge < -0.3 is 0 Å². The predicted molar refractivity (Wildman–Crippen MR) is 90.9 cm³/mol. The molecule has 0 heterocycles. The lowest BCUT2D eigenvalue weighted by molar-refractivity contribution is -0.132. The highest BCUT2D eigenvalue weighted by atomic mass is 16.1. The van der Waals surface area contributed by atoms with Gasteiger partial charge in [-0.1, -0.05) is 0 Å². The van der Waals surface area contributed by atoms with Crippen molar-refractivity contribution >= 4 is 11.6 Å². The van der Waals surface area contributed by atoms with E-state index in [1.807, 2.05) is 36.4 Å². The number of Topliss-reactive ketones (excluding diaryl/α,β-unsaturated/α-hetero) is 2. The van der Waals surface area contributed by atoms with Crippen molar-refractivity contribution in [1.29, 1.82) is 0 Å². The molecular formula is C21H21O2+. The fourth-order valence-electron chi connectivity index (χ4n) is 3.83. The molecule has 1 fully saturated rings. The average Bonchev–Trinajstić information content (AvgIpc) is 3.29. The molecule has 2 aromatic rings. The Balaban J connectivity index is 2.13. The second-order valence-electron chi connectivity index (χ2n) is 6.42. The van der Waals surface area contributed by atoms with E-state index in [9.17, 15) is 9.59 Å². The minimum absolute atomic E-state index is 0.0284. The molecule has 0 bridgehead atoms. The van der Waals surface area contributed by atoms with E-state index in [1.165, 1.54) is 0 Å². The molecule has 3 rings (SSSR count). The molecule has 116 valence electrons. The van der Waals surface area contributed by atoms with Crippen LogP contribution in [0.15, 0.2) is 60.7 Å². The lowest BCUT2D eigenvalue weighted by Crippen LogP contribution is -2.35. The minimum atomic E-state index is -0.544. The summed E-state index contributed by atoms with van der Waals surface area (Å²) in [7, 11) is 0. The number of carbonyl (C=O) groups excluding carboxylic acids is 2. The van der Waals surface area contributed by atoms with Crippen LogP contribution in [-0.2, 0) is 9.59 Å². The van der Waals surface area contributed by atoms with Gasteiger partial charge in [-0.3, -0.25) is 9.59 Å². The van der Waals surface area contributed by atoms with Gasteiger partial charge in [-0.05, 0) is 63.1 Å². The van der Waals surface area contributed by atoms with Gasteiger partial charge in [0, 0.05) is 29.7 Å². The van der Waals surface area contributed by atoms with Gasteiger partial charge >= 0.3 is 0 Å². The van der Waals surface area contributed by atoms with Gasteiger partial charge in [-0.25, -0.2) is 0 Å². The largest absolute Gasteiger partial charge is 0.299 e. The van der Waals surface area contributed by atoms with Gasteiger partial charge in [0.15, 0.2) is 0 Å². The van der Waals surface area contributed by atoms with Crippen molar-refractivity contribution in [2.24, 2.45) is 11.3 Å². The van der Waals surface area contributed by atoms with E-state index in [4.69, 9.17) is 0 Å². The molecule has 23 heavy (non-hydrogen) atoms. The number of hydrogen-bond acceptors (Lipinski definition) is 2. The molecule has 0 aliphatic heterocycles. The maximum atomic E-state index is 12.2. The lowest BCUT2D eigenvalue weighted by atomic mass is 9.69. The zero-order chi connectivity index (χ0) is 16.4. The highest BCUT2D eigenvalue weighted by Crippen LogP contribution is 2.62. The average molecular weight is 305 g/mol. The fraction of sp³-hybridized carbons (Fsp3) is 0.286. The third kappa shape index (κ3) is 2.81. The molecular weight excluding hydrogens is 284 g/mol. The van der Waals surface area contributed by atoms with Crippen LogP contribution >= 0.6 is 0 Å². The van der Waals surface area contributed by atoms with E-state index in [0.29, 0.717) is 0 Å². The summed E-state index contributed by atoms with van der Waals surface area (Å²) >= 11 is 0. The quantitative estimate of drug-likeness (QED) is 0.591. The van der Waals surface area contributed by atoms with Gasteiger partial charge in [0.2, 0.25) is 0 Å². The normalized spacial score (nSPS) is 15.3.